The third kappa shape index (κ3) is 3.27. The summed E-state index contributed by atoms with van der Waals surface area (Å²) in [4.78, 5) is 0. The predicted molar refractivity (Wildman–Crippen MR) is 87.0 cm³/mol. The number of ether oxygens (including phenoxy) is 1. The molecule has 1 aromatic rings. The second-order valence-electron chi connectivity index (χ2n) is 6.02. The molecule has 1 N–H and O–H groups in total. The van der Waals surface area contributed by atoms with Crippen molar-refractivity contribution in [1.29, 1.82) is 0 Å². The highest BCUT2D eigenvalue weighted by molar-refractivity contribution is 6.31. The molecule has 1 aromatic heterocycles. The Hall–Kier alpha value is -0.580. The van der Waals surface area contributed by atoms with Gasteiger partial charge in [-0.3, -0.25) is 4.68 Å². The molecule has 0 amide bonds. The number of aryl methyl sites for hydroxylation is 2. The van der Waals surface area contributed by atoms with Gasteiger partial charge in [-0.25, -0.2) is 0 Å². The van der Waals surface area contributed by atoms with Gasteiger partial charge < -0.3 is 10.1 Å². The predicted octanol–water partition coefficient (Wildman–Crippen LogP) is 3.12. The summed E-state index contributed by atoms with van der Waals surface area (Å²) in [6.45, 7) is 5.29. The highest BCUT2D eigenvalue weighted by atomic mass is 35.5. The van der Waals surface area contributed by atoms with Crippen molar-refractivity contribution in [2.24, 2.45) is 7.05 Å². The molecule has 1 aliphatic rings. The Morgan fingerprint density at radius 1 is 1.43 bits per heavy atom. The van der Waals surface area contributed by atoms with E-state index in [1.807, 2.05) is 18.8 Å². The molecule has 0 spiro atoms. The number of rotatable bonds is 8. The van der Waals surface area contributed by atoms with Crippen molar-refractivity contribution < 1.29 is 4.74 Å². The number of methoxy groups -OCH3 is 1. The average Bonchev–Trinajstić information content (AvgIpc) is 2.70. The molecule has 0 aromatic carbocycles. The quantitative estimate of drug-likeness (QED) is 0.801. The Morgan fingerprint density at radius 2 is 2.14 bits per heavy atom. The molecule has 1 aliphatic carbocycles. The minimum Gasteiger partial charge on any atom is -0.377 e. The van der Waals surface area contributed by atoms with Crippen molar-refractivity contribution in [1.82, 2.24) is 15.1 Å². The van der Waals surface area contributed by atoms with Crippen molar-refractivity contribution in [2.75, 3.05) is 13.7 Å². The van der Waals surface area contributed by atoms with Crippen LogP contribution in [0.5, 0.6) is 0 Å². The van der Waals surface area contributed by atoms with Crippen LogP contribution in [0.3, 0.4) is 0 Å². The first-order valence-corrected chi connectivity index (χ1v) is 8.44. The van der Waals surface area contributed by atoms with Gasteiger partial charge in [-0.2, -0.15) is 5.10 Å². The van der Waals surface area contributed by atoms with Gasteiger partial charge in [0.2, 0.25) is 0 Å². The first-order chi connectivity index (χ1) is 10.1. The minimum absolute atomic E-state index is 0.0326. The topological polar surface area (TPSA) is 39.1 Å². The number of nitrogens with one attached hydrogen (secondary N) is 1. The first kappa shape index (κ1) is 16.8. The summed E-state index contributed by atoms with van der Waals surface area (Å²) in [6, 6.07) is 0.300. The summed E-state index contributed by atoms with van der Waals surface area (Å²) < 4.78 is 7.82. The molecule has 5 heteroatoms. The van der Waals surface area contributed by atoms with E-state index >= 15 is 0 Å². The van der Waals surface area contributed by atoms with Crippen LogP contribution in [-0.2, 0) is 24.6 Å². The largest absolute Gasteiger partial charge is 0.377 e. The summed E-state index contributed by atoms with van der Waals surface area (Å²) in [5.74, 6) is 0. The standard InChI is InChI=1S/C16H28ClN3O/c1-5-10-18-14(16(21-4)8-7-9-16)11-13-15(17)12(6-2)19-20(13)3/h14,18H,5-11H2,1-4H3. The normalized spacial score (nSPS) is 18.5. The lowest BCUT2D eigenvalue weighted by atomic mass is 9.73. The molecule has 1 unspecified atom stereocenters. The summed E-state index contributed by atoms with van der Waals surface area (Å²) in [7, 11) is 3.82. The van der Waals surface area contributed by atoms with E-state index in [9.17, 15) is 0 Å². The van der Waals surface area contributed by atoms with E-state index in [0.29, 0.717) is 6.04 Å². The van der Waals surface area contributed by atoms with E-state index in [0.717, 1.165) is 55.1 Å². The molecule has 1 heterocycles. The lowest BCUT2D eigenvalue weighted by Crippen LogP contribution is -2.57. The van der Waals surface area contributed by atoms with E-state index in [1.54, 1.807) is 0 Å². The van der Waals surface area contributed by atoms with Gasteiger partial charge in [-0.05, 0) is 38.6 Å². The van der Waals surface area contributed by atoms with Crippen LogP contribution in [0.4, 0.5) is 0 Å². The fraction of sp³-hybridized carbons (Fsp3) is 0.812. The minimum atomic E-state index is -0.0326. The zero-order chi connectivity index (χ0) is 15.5. The van der Waals surface area contributed by atoms with Gasteiger partial charge in [0.15, 0.2) is 0 Å². The number of hydrogen-bond donors (Lipinski definition) is 1. The maximum atomic E-state index is 6.51. The van der Waals surface area contributed by atoms with Crippen molar-refractivity contribution in [3.05, 3.63) is 16.4 Å². The van der Waals surface area contributed by atoms with E-state index in [2.05, 4.69) is 24.3 Å². The molecule has 2 rings (SSSR count). The Kier molecular flexibility index (Phi) is 5.69. The first-order valence-electron chi connectivity index (χ1n) is 8.06. The van der Waals surface area contributed by atoms with Crippen LogP contribution in [0.15, 0.2) is 0 Å². The van der Waals surface area contributed by atoms with Crippen molar-refractivity contribution >= 4 is 11.6 Å². The van der Waals surface area contributed by atoms with Crippen LogP contribution < -0.4 is 5.32 Å². The molecule has 120 valence electrons. The van der Waals surface area contributed by atoms with Crippen LogP contribution in [0.25, 0.3) is 0 Å². The van der Waals surface area contributed by atoms with E-state index in [4.69, 9.17) is 16.3 Å². The molecule has 4 nitrogen and oxygen atoms in total. The Bertz CT molecular complexity index is 463. The summed E-state index contributed by atoms with van der Waals surface area (Å²) in [5, 5.41) is 9.03. The molecule has 1 atom stereocenters. The fourth-order valence-corrected chi connectivity index (χ4v) is 3.59. The number of halogens is 1. The van der Waals surface area contributed by atoms with E-state index in [1.165, 1.54) is 6.42 Å². The summed E-state index contributed by atoms with van der Waals surface area (Å²) in [5.41, 5.74) is 2.07. The van der Waals surface area contributed by atoms with Crippen LogP contribution in [0.2, 0.25) is 5.02 Å². The van der Waals surface area contributed by atoms with Crippen molar-refractivity contribution in [2.45, 2.75) is 64.0 Å². The fourth-order valence-electron chi connectivity index (χ4n) is 3.22. The van der Waals surface area contributed by atoms with Crippen molar-refractivity contribution in [3.63, 3.8) is 0 Å². The van der Waals surface area contributed by atoms with Crippen LogP contribution in [0.1, 0.15) is 50.9 Å². The highest BCUT2D eigenvalue weighted by Gasteiger charge is 2.44. The van der Waals surface area contributed by atoms with E-state index in [-0.39, 0.29) is 5.60 Å². The number of nitrogens with zero attached hydrogens (tertiary/aromatic N) is 2. The molecule has 0 bridgehead atoms. The third-order valence-corrected chi connectivity index (χ3v) is 5.22. The maximum Gasteiger partial charge on any atom is 0.0850 e. The second kappa shape index (κ2) is 7.12. The van der Waals surface area contributed by atoms with Crippen molar-refractivity contribution in [3.8, 4) is 0 Å². The summed E-state index contributed by atoms with van der Waals surface area (Å²) in [6.07, 6.45) is 6.36. The van der Waals surface area contributed by atoms with Gasteiger partial charge in [0.1, 0.15) is 0 Å². The summed E-state index contributed by atoms with van der Waals surface area (Å²) >= 11 is 6.51. The molecule has 0 saturated heterocycles. The second-order valence-corrected chi connectivity index (χ2v) is 6.40. The van der Waals surface area contributed by atoms with Crippen LogP contribution in [-0.4, -0.2) is 35.1 Å². The molecule has 21 heavy (non-hydrogen) atoms. The number of aromatic nitrogens is 2. The van der Waals surface area contributed by atoms with Gasteiger partial charge in [0.05, 0.1) is 22.0 Å². The molecule has 0 radical (unpaired) electrons. The van der Waals surface area contributed by atoms with Crippen LogP contribution in [0, 0.1) is 0 Å². The molecular weight excluding hydrogens is 286 g/mol. The van der Waals surface area contributed by atoms with E-state index < -0.39 is 0 Å². The van der Waals surface area contributed by atoms with Gasteiger partial charge in [0.25, 0.3) is 0 Å². The SMILES string of the molecule is CCCNC(Cc1c(Cl)c(CC)nn1C)C1(OC)CCC1. The highest BCUT2D eigenvalue weighted by Crippen LogP contribution is 2.40. The smallest absolute Gasteiger partial charge is 0.0850 e. The lowest BCUT2D eigenvalue weighted by molar-refractivity contribution is -0.0983. The van der Waals surface area contributed by atoms with Gasteiger partial charge in [0, 0.05) is 26.6 Å². The molecule has 1 saturated carbocycles. The monoisotopic (exact) mass is 313 g/mol. The zero-order valence-corrected chi connectivity index (χ0v) is 14.5. The van der Waals surface area contributed by atoms with Gasteiger partial charge >= 0.3 is 0 Å². The Morgan fingerprint density at radius 3 is 2.57 bits per heavy atom. The lowest BCUT2D eigenvalue weighted by Gasteiger charge is -2.47. The van der Waals surface area contributed by atoms with Gasteiger partial charge in [-0.15, -0.1) is 0 Å². The third-order valence-electron chi connectivity index (χ3n) is 4.78. The van der Waals surface area contributed by atoms with Gasteiger partial charge in [-0.1, -0.05) is 25.4 Å². The number of hydrogen-bond acceptors (Lipinski definition) is 3. The maximum absolute atomic E-state index is 6.51. The average molecular weight is 314 g/mol. The zero-order valence-electron chi connectivity index (χ0n) is 13.7. The Balaban J connectivity index is 2.20. The molecule has 0 aliphatic heterocycles. The molecule has 1 fully saturated rings. The Labute approximate surface area is 133 Å². The molecular formula is C16H28ClN3O. The van der Waals surface area contributed by atoms with Crippen LogP contribution >= 0.6 is 11.6 Å².